The molecule has 0 N–H and O–H groups in total. The van der Waals surface area contributed by atoms with Crippen molar-refractivity contribution in [2.45, 2.75) is 23.5 Å². The Hall–Kier alpha value is 1.25. The molecule has 0 amide bonds. The van der Waals surface area contributed by atoms with Crippen molar-refractivity contribution in [2.24, 2.45) is 0 Å². The van der Waals surface area contributed by atoms with Crippen LogP contribution in [0.2, 0.25) is 0 Å². The van der Waals surface area contributed by atoms with Gasteiger partial charge in [-0.2, -0.15) is 0 Å². The van der Waals surface area contributed by atoms with Crippen LogP contribution in [0.1, 0.15) is 19.3 Å². The van der Waals surface area contributed by atoms with E-state index in [0.29, 0.717) is 0 Å². The third-order valence-electron chi connectivity index (χ3n) is 0.806. The number of rotatable bonds is 4. The minimum absolute atomic E-state index is 0.168. The molecule has 0 nitrogen and oxygen atoms in total. The van der Waals surface area contributed by atoms with Crippen molar-refractivity contribution >= 4 is 43.5 Å². The highest BCUT2D eigenvalue weighted by atomic mass is 79.9. The van der Waals surface area contributed by atoms with Crippen LogP contribution in [0.5, 0.6) is 0 Å². The van der Waals surface area contributed by atoms with Gasteiger partial charge in [0.25, 0.3) is 0 Å². The SMILES string of the molecule is ClC(Br)CCCCBr. The van der Waals surface area contributed by atoms with Crippen molar-refractivity contribution in [1.29, 1.82) is 0 Å². The molecule has 0 bridgehead atoms. The van der Waals surface area contributed by atoms with E-state index in [2.05, 4.69) is 31.9 Å². The van der Waals surface area contributed by atoms with Crippen LogP contribution in [-0.2, 0) is 0 Å². The molecule has 8 heavy (non-hydrogen) atoms. The molecule has 0 radical (unpaired) electrons. The first kappa shape index (κ1) is 9.25. The second-order valence-electron chi connectivity index (χ2n) is 1.58. The van der Waals surface area contributed by atoms with E-state index in [9.17, 15) is 0 Å². The second-order valence-corrected chi connectivity index (χ2v) is 4.53. The molecule has 3 heteroatoms. The summed E-state index contributed by atoms with van der Waals surface area (Å²) in [4.78, 5) is 0. The number of alkyl halides is 3. The monoisotopic (exact) mass is 262 g/mol. The topological polar surface area (TPSA) is 0 Å². The summed E-state index contributed by atoms with van der Waals surface area (Å²) in [7, 11) is 0. The van der Waals surface area contributed by atoms with Gasteiger partial charge in [-0.25, -0.2) is 0 Å². The van der Waals surface area contributed by atoms with Crippen molar-refractivity contribution in [1.82, 2.24) is 0 Å². The maximum Gasteiger partial charge on any atom is 0.0886 e. The lowest BCUT2D eigenvalue weighted by Gasteiger charge is -1.96. The molecule has 0 saturated carbocycles. The van der Waals surface area contributed by atoms with Crippen molar-refractivity contribution in [3.8, 4) is 0 Å². The number of hydrogen-bond donors (Lipinski definition) is 0. The van der Waals surface area contributed by atoms with Crippen LogP contribution in [0.4, 0.5) is 0 Å². The summed E-state index contributed by atoms with van der Waals surface area (Å²) in [5.74, 6) is 0. The van der Waals surface area contributed by atoms with Gasteiger partial charge in [0.2, 0.25) is 0 Å². The van der Waals surface area contributed by atoms with Crippen LogP contribution in [-0.4, -0.2) is 9.62 Å². The Morgan fingerprint density at radius 1 is 1.38 bits per heavy atom. The van der Waals surface area contributed by atoms with E-state index in [-0.39, 0.29) is 4.29 Å². The molecule has 0 heterocycles. The van der Waals surface area contributed by atoms with Gasteiger partial charge in [-0.1, -0.05) is 38.3 Å². The first-order valence-corrected chi connectivity index (χ1v) is 5.09. The molecule has 0 rings (SSSR count). The van der Waals surface area contributed by atoms with Crippen molar-refractivity contribution in [2.75, 3.05) is 5.33 Å². The highest BCUT2D eigenvalue weighted by molar-refractivity contribution is 9.10. The van der Waals surface area contributed by atoms with Gasteiger partial charge in [0.1, 0.15) is 0 Å². The third kappa shape index (κ3) is 7.25. The van der Waals surface area contributed by atoms with Gasteiger partial charge in [0.15, 0.2) is 0 Å². The van der Waals surface area contributed by atoms with E-state index in [0.717, 1.165) is 11.8 Å². The molecular weight excluding hydrogens is 255 g/mol. The molecule has 0 spiro atoms. The van der Waals surface area contributed by atoms with Gasteiger partial charge in [0.05, 0.1) is 4.29 Å². The Bertz CT molecular complexity index is 47.7. The Morgan fingerprint density at radius 3 is 2.38 bits per heavy atom. The molecule has 0 fully saturated rings. The lowest BCUT2D eigenvalue weighted by atomic mass is 10.3. The molecule has 0 aliphatic carbocycles. The van der Waals surface area contributed by atoms with Crippen LogP contribution in [0, 0.1) is 0 Å². The molecule has 0 aliphatic heterocycles. The highest BCUT2D eigenvalue weighted by Gasteiger charge is 1.95. The fourth-order valence-electron chi connectivity index (χ4n) is 0.393. The van der Waals surface area contributed by atoms with Crippen LogP contribution in [0.15, 0.2) is 0 Å². The molecule has 0 aromatic carbocycles. The Morgan fingerprint density at radius 2 is 2.00 bits per heavy atom. The van der Waals surface area contributed by atoms with Crippen molar-refractivity contribution in [3.05, 3.63) is 0 Å². The molecular formula is C5H9Br2Cl. The summed E-state index contributed by atoms with van der Waals surface area (Å²) in [6, 6.07) is 0. The zero-order valence-electron chi connectivity index (χ0n) is 4.54. The molecule has 1 unspecified atom stereocenters. The largest absolute Gasteiger partial charge is 0.110 e. The Balaban J connectivity index is 2.72. The quantitative estimate of drug-likeness (QED) is 0.538. The summed E-state index contributed by atoms with van der Waals surface area (Å²) in [5, 5.41) is 1.09. The zero-order valence-corrected chi connectivity index (χ0v) is 8.47. The van der Waals surface area contributed by atoms with Crippen LogP contribution in [0.25, 0.3) is 0 Å². The minimum Gasteiger partial charge on any atom is -0.110 e. The normalized spacial score (nSPS) is 13.9. The first-order chi connectivity index (χ1) is 3.77. The average Bonchev–Trinajstić information content (AvgIpc) is 1.66. The molecule has 50 valence electrons. The Kier molecular flexibility index (Phi) is 7.37. The summed E-state index contributed by atoms with van der Waals surface area (Å²) in [6.45, 7) is 0. The summed E-state index contributed by atoms with van der Waals surface area (Å²) >= 11 is 12.2. The molecule has 1 atom stereocenters. The van der Waals surface area contributed by atoms with E-state index in [1.165, 1.54) is 12.8 Å². The molecule has 0 aromatic rings. The number of halogens is 3. The lowest BCUT2D eigenvalue weighted by Crippen LogP contribution is -1.85. The molecule has 0 aromatic heterocycles. The van der Waals surface area contributed by atoms with Crippen molar-refractivity contribution in [3.63, 3.8) is 0 Å². The van der Waals surface area contributed by atoms with Gasteiger partial charge in [-0.15, -0.1) is 11.6 Å². The van der Waals surface area contributed by atoms with Crippen LogP contribution < -0.4 is 0 Å². The predicted octanol–water partition coefficient (Wildman–Crippen LogP) is 3.51. The number of hydrogen-bond acceptors (Lipinski definition) is 0. The minimum atomic E-state index is 0.168. The van der Waals surface area contributed by atoms with E-state index in [4.69, 9.17) is 11.6 Å². The maximum atomic E-state index is 5.61. The van der Waals surface area contributed by atoms with Crippen LogP contribution in [0.3, 0.4) is 0 Å². The standard InChI is InChI=1S/C5H9Br2Cl/c6-4-2-1-3-5(7)8/h5H,1-4H2. The molecule has 0 saturated heterocycles. The smallest absolute Gasteiger partial charge is 0.0886 e. The predicted molar refractivity (Wildman–Crippen MR) is 46.2 cm³/mol. The highest BCUT2D eigenvalue weighted by Crippen LogP contribution is 2.13. The second kappa shape index (κ2) is 6.37. The van der Waals surface area contributed by atoms with Gasteiger partial charge in [-0.05, 0) is 12.8 Å². The van der Waals surface area contributed by atoms with Gasteiger partial charge in [0, 0.05) is 5.33 Å². The van der Waals surface area contributed by atoms with E-state index >= 15 is 0 Å². The van der Waals surface area contributed by atoms with E-state index in [1.807, 2.05) is 0 Å². The van der Waals surface area contributed by atoms with Gasteiger partial charge >= 0.3 is 0 Å². The summed E-state index contributed by atoms with van der Waals surface area (Å²) in [5.41, 5.74) is 0. The fraction of sp³-hybridized carbons (Fsp3) is 1.00. The summed E-state index contributed by atoms with van der Waals surface area (Å²) in [6.07, 6.45) is 3.48. The zero-order chi connectivity index (χ0) is 6.41. The summed E-state index contributed by atoms with van der Waals surface area (Å²) < 4.78 is 0.168. The fourth-order valence-corrected chi connectivity index (χ4v) is 1.27. The van der Waals surface area contributed by atoms with Crippen LogP contribution >= 0.6 is 43.5 Å². The first-order valence-electron chi connectivity index (χ1n) is 2.61. The number of unbranched alkanes of at least 4 members (excludes halogenated alkanes) is 1. The van der Waals surface area contributed by atoms with Gasteiger partial charge < -0.3 is 0 Å². The van der Waals surface area contributed by atoms with Gasteiger partial charge in [-0.3, -0.25) is 0 Å². The van der Waals surface area contributed by atoms with E-state index < -0.39 is 0 Å². The average molecular weight is 264 g/mol. The Labute approximate surface area is 72.2 Å². The van der Waals surface area contributed by atoms with Crippen molar-refractivity contribution < 1.29 is 0 Å². The third-order valence-corrected chi connectivity index (χ3v) is 2.04. The lowest BCUT2D eigenvalue weighted by molar-refractivity contribution is 0.773. The maximum absolute atomic E-state index is 5.61. The van der Waals surface area contributed by atoms with E-state index in [1.54, 1.807) is 0 Å². The molecule has 0 aliphatic rings.